The Morgan fingerprint density at radius 1 is 0.478 bits per heavy atom. The second-order valence-corrected chi connectivity index (χ2v) is 12.8. The Hall–Kier alpha value is 3.15. The molecule has 0 heterocycles. The van der Waals surface area contributed by atoms with Crippen molar-refractivity contribution in [3.05, 3.63) is 0 Å². The third kappa shape index (κ3) is 21.3. The zero-order valence-corrected chi connectivity index (χ0v) is 21.1. The summed E-state index contributed by atoms with van der Waals surface area (Å²) in [7, 11) is 0. The van der Waals surface area contributed by atoms with Crippen LogP contribution in [0.15, 0.2) is 0 Å². The van der Waals surface area contributed by atoms with Crippen LogP contribution in [-0.4, -0.2) is 79.5 Å². The standard InChI is InChI=1S/C14H30S9/c15-1-3-19-5-7-21-9-13(17)11-23-12-14(18)10-22-8-6-20-4-2-16/h13-18H,1-12H2. The van der Waals surface area contributed by atoms with Crippen LogP contribution in [0.25, 0.3) is 0 Å². The predicted octanol–water partition coefficient (Wildman–Crippen LogP) is 5.11. The van der Waals surface area contributed by atoms with Crippen LogP contribution in [0.1, 0.15) is 0 Å². The van der Waals surface area contributed by atoms with Crippen LogP contribution in [-0.2, 0) is 0 Å². The minimum absolute atomic E-state index is 0.505. The molecule has 0 bridgehead atoms. The van der Waals surface area contributed by atoms with Crippen molar-refractivity contribution in [1.29, 1.82) is 0 Å². The molecule has 0 saturated heterocycles. The van der Waals surface area contributed by atoms with Crippen LogP contribution in [0, 0.1) is 0 Å². The summed E-state index contributed by atoms with van der Waals surface area (Å²) < 4.78 is 0. The number of thiol groups is 4. The summed E-state index contributed by atoms with van der Waals surface area (Å²) in [6, 6.07) is 0. The van der Waals surface area contributed by atoms with E-state index in [0.29, 0.717) is 10.5 Å². The predicted molar refractivity (Wildman–Crippen MR) is 140 cm³/mol. The molecule has 0 aliphatic carbocycles. The fraction of sp³-hybridized carbons (Fsp3) is 1.00. The van der Waals surface area contributed by atoms with Crippen LogP contribution in [0.2, 0.25) is 0 Å². The van der Waals surface area contributed by atoms with Crippen LogP contribution in [0.4, 0.5) is 0 Å². The molecular weight excluding hydrogens is 457 g/mol. The molecule has 0 amide bonds. The van der Waals surface area contributed by atoms with E-state index >= 15 is 0 Å². The second kappa shape index (κ2) is 21.5. The lowest BCUT2D eigenvalue weighted by molar-refractivity contribution is 1.13. The van der Waals surface area contributed by atoms with E-state index in [1.807, 2.05) is 58.8 Å². The topological polar surface area (TPSA) is 0 Å². The molecule has 0 radical (unpaired) electrons. The van der Waals surface area contributed by atoms with Gasteiger partial charge in [0.05, 0.1) is 0 Å². The number of hydrogen-bond acceptors (Lipinski definition) is 9. The molecule has 0 aliphatic rings. The summed E-state index contributed by atoms with van der Waals surface area (Å²) in [5.41, 5.74) is 0. The van der Waals surface area contributed by atoms with E-state index < -0.39 is 0 Å². The molecule has 0 aromatic rings. The van der Waals surface area contributed by atoms with Gasteiger partial charge in [-0.05, 0) is 11.5 Å². The minimum Gasteiger partial charge on any atom is -0.179 e. The minimum atomic E-state index is 0.505. The molecule has 0 fully saturated rings. The summed E-state index contributed by atoms with van der Waals surface area (Å²) in [6.45, 7) is 0. The maximum atomic E-state index is 4.69. The number of rotatable bonds is 18. The van der Waals surface area contributed by atoms with Crippen molar-refractivity contribution in [2.75, 3.05) is 69.0 Å². The average Bonchev–Trinajstić information content (AvgIpc) is 2.54. The summed E-state index contributed by atoms with van der Waals surface area (Å²) in [4.78, 5) is 0. The van der Waals surface area contributed by atoms with E-state index in [9.17, 15) is 0 Å². The maximum absolute atomic E-state index is 4.69. The van der Waals surface area contributed by atoms with Crippen molar-refractivity contribution >= 4 is 109 Å². The van der Waals surface area contributed by atoms with Crippen LogP contribution < -0.4 is 0 Å². The van der Waals surface area contributed by atoms with Gasteiger partial charge < -0.3 is 0 Å². The molecular formula is C14H30S9. The van der Waals surface area contributed by atoms with Gasteiger partial charge in [-0.1, -0.05) is 0 Å². The van der Waals surface area contributed by atoms with Crippen LogP contribution in [0.5, 0.6) is 0 Å². The van der Waals surface area contributed by atoms with E-state index in [4.69, 9.17) is 25.3 Å². The SMILES string of the molecule is SCCSCCSCC(S)CSCC(S)CSCCSCCS. The summed E-state index contributed by atoms with van der Waals surface area (Å²) >= 11 is 27.9. The molecule has 0 rings (SSSR count). The Morgan fingerprint density at radius 2 is 0.826 bits per heavy atom. The Morgan fingerprint density at radius 3 is 1.22 bits per heavy atom. The first-order valence-electron chi connectivity index (χ1n) is 7.67. The highest BCUT2D eigenvalue weighted by molar-refractivity contribution is 8.04. The molecule has 2 unspecified atom stereocenters. The van der Waals surface area contributed by atoms with Gasteiger partial charge in [0.2, 0.25) is 0 Å². The van der Waals surface area contributed by atoms with Crippen LogP contribution >= 0.6 is 109 Å². The molecule has 23 heavy (non-hydrogen) atoms. The first kappa shape index (κ1) is 26.1. The molecule has 9 heteroatoms. The third-order valence-corrected chi connectivity index (χ3v) is 11.3. The second-order valence-electron chi connectivity index (χ2n) is 4.67. The molecule has 0 nitrogen and oxygen atoms in total. The summed E-state index contributed by atoms with van der Waals surface area (Å²) in [5.74, 6) is 13.8. The highest BCUT2D eigenvalue weighted by Crippen LogP contribution is 2.19. The lowest BCUT2D eigenvalue weighted by Gasteiger charge is -2.13. The smallest absolute Gasteiger partial charge is 0.0198 e. The van der Waals surface area contributed by atoms with E-state index in [-0.39, 0.29) is 0 Å². The Kier molecular flexibility index (Phi) is 24.4. The largest absolute Gasteiger partial charge is 0.179 e. The molecule has 2 atom stereocenters. The molecule has 0 aromatic heterocycles. The fourth-order valence-corrected chi connectivity index (χ4v) is 8.36. The van der Waals surface area contributed by atoms with Crippen molar-refractivity contribution < 1.29 is 0 Å². The molecule has 0 aromatic carbocycles. The summed E-state index contributed by atoms with van der Waals surface area (Å²) in [6.07, 6.45) is 0. The monoisotopic (exact) mass is 486 g/mol. The molecule has 0 aliphatic heterocycles. The fourth-order valence-electron chi connectivity index (χ4n) is 1.44. The van der Waals surface area contributed by atoms with Crippen molar-refractivity contribution in [2.45, 2.75) is 10.5 Å². The van der Waals surface area contributed by atoms with E-state index in [1.165, 1.54) is 34.5 Å². The molecule has 0 saturated carbocycles. The van der Waals surface area contributed by atoms with E-state index in [2.05, 4.69) is 25.3 Å². The number of thioether (sulfide) groups is 5. The summed E-state index contributed by atoms with van der Waals surface area (Å²) in [5, 5.41) is 1.01. The van der Waals surface area contributed by atoms with Gasteiger partial charge >= 0.3 is 0 Å². The zero-order chi connectivity index (χ0) is 17.2. The third-order valence-electron chi connectivity index (χ3n) is 2.46. The average molecular weight is 487 g/mol. The van der Waals surface area contributed by atoms with Gasteiger partial charge in [0.15, 0.2) is 0 Å². The van der Waals surface area contributed by atoms with Gasteiger partial charge in [-0.3, -0.25) is 0 Å². The van der Waals surface area contributed by atoms with Crippen molar-refractivity contribution in [3.63, 3.8) is 0 Å². The highest BCUT2D eigenvalue weighted by atomic mass is 32.2. The van der Waals surface area contributed by atoms with Gasteiger partial charge in [0.1, 0.15) is 0 Å². The molecule has 140 valence electrons. The Bertz CT molecular complexity index is 208. The van der Waals surface area contributed by atoms with Gasteiger partial charge in [0, 0.05) is 68.0 Å². The first-order chi connectivity index (χ1) is 11.2. The molecule has 0 N–H and O–H groups in total. The zero-order valence-electron chi connectivity index (χ0n) is 13.5. The van der Waals surface area contributed by atoms with Gasteiger partial charge in [-0.15, -0.1) is 0 Å². The Balaban J connectivity index is 3.30. The van der Waals surface area contributed by atoms with Gasteiger partial charge in [-0.2, -0.15) is 109 Å². The lowest BCUT2D eigenvalue weighted by Crippen LogP contribution is -2.12. The van der Waals surface area contributed by atoms with Crippen LogP contribution in [0.3, 0.4) is 0 Å². The van der Waals surface area contributed by atoms with Gasteiger partial charge in [0.25, 0.3) is 0 Å². The Labute approximate surface area is 187 Å². The molecule has 0 spiro atoms. The quantitative estimate of drug-likeness (QED) is 0.156. The van der Waals surface area contributed by atoms with E-state index in [1.54, 1.807) is 0 Å². The lowest BCUT2D eigenvalue weighted by atomic mass is 10.5. The van der Waals surface area contributed by atoms with Gasteiger partial charge in [-0.25, -0.2) is 0 Å². The van der Waals surface area contributed by atoms with Crippen molar-refractivity contribution in [1.82, 2.24) is 0 Å². The normalized spacial score (nSPS) is 14.1. The van der Waals surface area contributed by atoms with E-state index in [0.717, 1.165) is 34.5 Å². The number of hydrogen-bond donors (Lipinski definition) is 4. The maximum Gasteiger partial charge on any atom is 0.0198 e. The van der Waals surface area contributed by atoms with Crippen molar-refractivity contribution in [2.24, 2.45) is 0 Å². The first-order valence-corrected chi connectivity index (χ1v) is 15.7. The highest BCUT2D eigenvalue weighted by Gasteiger charge is 2.07. The van der Waals surface area contributed by atoms with Crippen molar-refractivity contribution in [3.8, 4) is 0 Å².